The standard InChI is InChI=1S/C20H17F4N3O3/c1-9-18(27(20(9)29)10-2-3-14-15(4-10)26-8-25-14)17-12(21)5-11(6-13(17)22)30-7-16(28)19(23)24/h2-6,8-9,16,18-19,28H,7H2,1H3,(H,25,26)/t9-,16?,18-/m1/s1. The van der Waals surface area contributed by atoms with Crippen molar-refractivity contribution in [3.8, 4) is 5.75 Å². The summed E-state index contributed by atoms with van der Waals surface area (Å²) in [4.78, 5) is 20.8. The summed E-state index contributed by atoms with van der Waals surface area (Å²) in [5.74, 6) is -3.25. The number of imidazole rings is 1. The molecule has 1 aromatic heterocycles. The molecular formula is C20H17F4N3O3. The quantitative estimate of drug-likeness (QED) is 0.469. The summed E-state index contributed by atoms with van der Waals surface area (Å²) >= 11 is 0. The number of anilines is 1. The molecule has 1 fully saturated rings. The molecule has 3 aromatic rings. The molecule has 0 radical (unpaired) electrons. The number of fused-ring (bicyclic) bond motifs is 1. The van der Waals surface area contributed by atoms with Gasteiger partial charge < -0.3 is 19.7 Å². The molecule has 1 aliphatic rings. The molecule has 3 atom stereocenters. The van der Waals surface area contributed by atoms with E-state index < -0.39 is 42.7 Å². The van der Waals surface area contributed by atoms with Crippen molar-refractivity contribution in [3.05, 3.63) is 53.9 Å². The second-order valence-electron chi connectivity index (χ2n) is 7.06. The van der Waals surface area contributed by atoms with Crippen molar-refractivity contribution in [2.24, 2.45) is 5.92 Å². The van der Waals surface area contributed by atoms with E-state index in [0.29, 0.717) is 16.7 Å². The number of carbonyl (C=O) groups is 1. The Morgan fingerprint density at radius 3 is 2.60 bits per heavy atom. The van der Waals surface area contributed by atoms with Crippen LogP contribution in [0, 0.1) is 17.6 Å². The van der Waals surface area contributed by atoms with Crippen LogP contribution in [-0.2, 0) is 4.79 Å². The first kappa shape index (κ1) is 20.1. The van der Waals surface area contributed by atoms with Gasteiger partial charge in [-0.05, 0) is 18.2 Å². The van der Waals surface area contributed by atoms with Crippen LogP contribution in [0.25, 0.3) is 11.0 Å². The van der Waals surface area contributed by atoms with Crippen LogP contribution in [0.1, 0.15) is 18.5 Å². The molecule has 4 rings (SSSR count). The van der Waals surface area contributed by atoms with Gasteiger partial charge in [0, 0.05) is 23.4 Å². The third-order valence-electron chi connectivity index (χ3n) is 5.12. The van der Waals surface area contributed by atoms with Crippen molar-refractivity contribution in [3.63, 3.8) is 0 Å². The highest BCUT2D eigenvalue weighted by molar-refractivity contribution is 6.04. The number of aliphatic hydroxyl groups is 1. The smallest absolute Gasteiger partial charge is 0.267 e. The SMILES string of the molecule is C[C@H]1C(=O)N(c2ccc3nc[nH]c3c2)[C@H]1c1c(F)cc(OCC(O)C(F)F)cc1F. The Hall–Kier alpha value is -3.14. The van der Waals surface area contributed by atoms with E-state index in [2.05, 4.69) is 9.97 Å². The van der Waals surface area contributed by atoms with E-state index in [0.717, 1.165) is 12.1 Å². The maximum Gasteiger partial charge on any atom is 0.267 e. The number of nitrogens with zero attached hydrogens (tertiary/aromatic N) is 2. The van der Waals surface area contributed by atoms with Crippen LogP contribution in [0.3, 0.4) is 0 Å². The molecular weight excluding hydrogens is 406 g/mol. The molecule has 6 nitrogen and oxygen atoms in total. The number of aliphatic hydroxyl groups excluding tert-OH is 1. The number of carbonyl (C=O) groups excluding carboxylic acids is 1. The Balaban J connectivity index is 1.63. The minimum absolute atomic E-state index is 0.293. The Labute approximate surface area is 168 Å². The molecule has 1 aliphatic heterocycles. The lowest BCUT2D eigenvalue weighted by Crippen LogP contribution is -2.54. The summed E-state index contributed by atoms with van der Waals surface area (Å²) in [5, 5.41) is 9.09. The maximum absolute atomic E-state index is 14.8. The molecule has 0 bridgehead atoms. The molecule has 1 saturated heterocycles. The lowest BCUT2D eigenvalue weighted by Gasteiger charge is -2.46. The predicted octanol–water partition coefficient (Wildman–Crippen LogP) is 3.57. The minimum Gasteiger partial charge on any atom is -0.490 e. The molecule has 2 heterocycles. The van der Waals surface area contributed by atoms with E-state index in [4.69, 9.17) is 9.84 Å². The Morgan fingerprint density at radius 1 is 1.23 bits per heavy atom. The van der Waals surface area contributed by atoms with Crippen LogP contribution < -0.4 is 9.64 Å². The fraction of sp³-hybridized carbons (Fsp3) is 0.300. The van der Waals surface area contributed by atoms with Gasteiger partial charge in [0.05, 0.1) is 29.3 Å². The van der Waals surface area contributed by atoms with Crippen molar-refractivity contribution in [1.29, 1.82) is 0 Å². The van der Waals surface area contributed by atoms with E-state index in [-0.39, 0.29) is 17.2 Å². The molecule has 1 amide bonds. The number of nitrogens with one attached hydrogen (secondary N) is 1. The van der Waals surface area contributed by atoms with Crippen LogP contribution in [0.4, 0.5) is 23.2 Å². The second kappa shape index (κ2) is 7.60. The zero-order chi connectivity index (χ0) is 21.6. The number of alkyl halides is 2. The first-order valence-electron chi connectivity index (χ1n) is 9.12. The summed E-state index contributed by atoms with van der Waals surface area (Å²) < 4.78 is 59.1. The van der Waals surface area contributed by atoms with Crippen LogP contribution in [0.5, 0.6) is 5.75 Å². The number of benzene rings is 2. The van der Waals surface area contributed by atoms with Crippen LogP contribution in [0.15, 0.2) is 36.7 Å². The van der Waals surface area contributed by atoms with Gasteiger partial charge in [-0.25, -0.2) is 22.5 Å². The van der Waals surface area contributed by atoms with Gasteiger partial charge in [-0.2, -0.15) is 0 Å². The molecule has 2 N–H and O–H groups in total. The zero-order valence-corrected chi connectivity index (χ0v) is 15.7. The number of H-pyrrole nitrogens is 1. The topological polar surface area (TPSA) is 78.5 Å². The van der Waals surface area contributed by atoms with Crippen LogP contribution in [-0.4, -0.2) is 40.1 Å². The van der Waals surface area contributed by atoms with Gasteiger partial charge in [0.1, 0.15) is 30.1 Å². The molecule has 0 saturated carbocycles. The number of hydrogen-bond donors (Lipinski definition) is 2. The number of hydrogen-bond acceptors (Lipinski definition) is 4. The monoisotopic (exact) mass is 423 g/mol. The number of halogens is 4. The normalized spacial score (nSPS) is 20.0. The van der Waals surface area contributed by atoms with E-state index in [9.17, 15) is 22.4 Å². The summed E-state index contributed by atoms with van der Waals surface area (Å²) in [6, 6.07) is 5.80. The van der Waals surface area contributed by atoms with Gasteiger partial charge in [0.2, 0.25) is 5.91 Å². The molecule has 2 aromatic carbocycles. The highest BCUT2D eigenvalue weighted by Crippen LogP contribution is 2.45. The van der Waals surface area contributed by atoms with Gasteiger partial charge >= 0.3 is 0 Å². The van der Waals surface area contributed by atoms with Gasteiger partial charge in [-0.1, -0.05) is 6.92 Å². The lowest BCUT2D eigenvalue weighted by molar-refractivity contribution is -0.129. The number of ether oxygens (including phenoxy) is 1. The number of β-lactam (4-membered cyclic amide) rings is 1. The molecule has 10 heteroatoms. The van der Waals surface area contributed by atoms with Crippen molar-refractivity contribution in [1.82, 2.24) is 9.97 Å². The van der Waals surface area contributed by atoms with Crippen molar-refractivity contribution in [2.75, 3.05) is 11.5 Å². The second-order valence-corrected chi connectivity index (χ2v) is 7.06. The third kappa shape index (κ3) is 3.36. The Kier molecular flexibility index (Phi) is 5.10. The van der Waals surface area contributed by atoms with Gasteiger partial charge in [0.15, 0.2) is 0 Å². The van der Waals surface area contributed by atoms with Crippen LogP contribution >= 0.6 is 0 Å². The zero-order valence-electron chi connectivity index (χ0n) is 15.7. The number of rotatable bonds is 6. The molecule has 30 heavy (non-hydrogen) atoms. The first-order valence-corrected chi connectivity index (χ1v) is 9.12. The summed E-state index contributed by atoms with van der Waals surface area (Å²) in [5.41, 5.74) is 1.48. The number of aromatic amines is 1. The maximum atomic E-state index is 14.8. The highest BCUT2D eigenvalue weighted by Gasteiger charge is 2.48. The first-order chi connectivity index (χ1) is 14.3. The number of amides is 1. The average Bonchev–Trinajstić information content (AvgIpc) is 3.18. The van der Waals surface area contributed by atoms with E-state index >= 15 is 0 Å². The van der Waals surface area contributed by atoms with Gasteiger partial charge in [-0.3, -0.25) is 4.79 Å². The summed E-state index contributed by atoms with van der Waals surface area (Å²) in [6.07, 6.45) is -3.62. The summed E-state index contributed by atoms with van der Waals surface area (Å²) in [7, 11) is 0. The van der Waals surface area contributed by atoms with Crippen molar-refractivity contribution >= 4 is 22.6 Å². The fourth-order valence-electron chi connectivity index (χ4n) is 3.55. The molecule has 0 spiro atoms. The minimum atomic E-state index is -3.04. The van der Waals surface area contributed by atoms with Crippen molar-refractivity contribution in [2.45, 2.75) is 25.5 Å². The van der Waals surface area contributed by atoms with E-state index in [1.807, 2.05) is 0 Å². The molecule has 158 valence electrons. The van der Waals surface area contributed by atoms with Crippen molar-refractivity contribution < 1.29 is 32.2 Å². The van der Waals surface area contributed by atoms with E-state index in [1.165, 1.54) is 11.2 Å². The number of aromatic nitrogens is 2. The predicted molar refractivity (Wildman–Crippen MR) is 99.3 cm³/mol. The molecule has 0 aliphatic carbocycles. The highest BCUT2D eigenvalue weighted by atomic mass is 19.3. The summed E-state index contributed by atoms with van der Waals surface area (Å²) in [6.45, 7) is 0.755. The Morgan fingerprint density at radius 2 is 1.93 bits per heavy atom. The molecule has 1 unspecified atom stereocenters. The Bertz CT molecular complexity index is 1080. The van der Waals surface area contributed by atoms with Gasteiger partial charge in [-0.15, -0.1) is 0 Å². The van der Waals surface area contributed by atoms with Crippen LogP contribution in [0.2, 0.25) is 0 Å². The lowest BCUT2D eigenvalue weighted by atomic mass is 9.82. The third-order valence-corrected chi connectivity index (χ3v) is 5.12. The van der Waals surface area contributed by atoms with Gasteiger partial charge in [0.25, 0.3) is 6.43 Å². The average molecular weight is 423 g/mol. The van der Waals surface area contributed by atoms with E-state index in [1.54, 1.807) is 25.1 Å². The fourth-order valence-corrected chi connectivity index (χ4v) is 3.55. The largest absolute Gasteiger partial charge is 0.490 e.